The summed E-state index contributed by atoms with van der Waals surface area (Å²) in [6, 6.07) is 10.7. The van der Waals surface area contributed by atoms with Crippen LogP contribution in [0.15, 0.2) is 54.1 Å². The van der Waals surface area contributed by atoms with E-state index in [1.165, 1.54) is 13.2 Å². The molecule has 1 aliphatic rings. The molecule has 0 aliphatic carbocycles. The number of nitrogens with one attached hydrogen (secondary N) is 2. The van der Waals surface area contributed by atoms with Crippen LogP contribution in [0.1, 0.15) is 17.2 Å². The normalized spacial score (nSPS) is 16.3. The number of phenols is 1. The Bertz CT molecular complexity index is 955. The first-order valence-corrected chi connectivity index (χ1v) is 7.85. The minimum Gasteiger partial charge on any atom is -0.502 e. The van der Waals surface area contributed by atoms with E-state index in [2.05, 4.69) is 10.6 Å². The number of amides is 2. The van der Waals surface area contributed by atoms with Gasteiger partial charge in [-0.2, -0.15) is 0 Å². The molecule has 0 saturated heterocycles. The monoisotopic (exact) mass is 369 g/mol. The fourth-order valence-corrected chi connectivity index (χ4v) is 2.84. The predicted molar refractivity (Wildman–Crippen MR) is 94.5 cm³/mol. The standard InChI is InChI=1S/C18H15N3O6/c1-27-17(23)14-15(10-5-3-2-4-6-10)19-18(24)20-16(14)11-7-8-13(22)12(9-11)21(25)26/h2-9,16,22H,1H3,(H2,19,20,24). The minimum absolute atomic E-state index is 0.0864. The van der Waals surface area contributed by atoms with Gasteiger partial charge in [0.1, 0.15) is 0 Å². The number of rotatable bonds is 4. The van der Waals surface area contributed by atoms with Gasteiger partial charge in [-0.05, 0) is 17.2 Å². The summed E-state index contributed by atoms with van der Waals surface area (Å²) in [7, 11) is 1.20. The molecule has 27 heavy (non-hydrogen) atoms. The molecule has 138 valence electrons. The Kier molecular flexibility index (Phi) is 4.75. The van der Waals surface area contributed by atoms with Crippen molar-refractivity contribution >= 4 is 23.4 Å². The average molecular weight is 369 g/mol. The van der Waals surface area contributed by atoms with Gasteiger partial charge in [-0.25, -0.2) is 9.59 Å². The number of esters is 1. The van der Waals surface area contributed by atoms with Gasteiger partial charge in [0.05, 0.1) is 29.3 Å². The van der Waals surface area contributed by atoms with E-state index in [1.54, 1.807) is 30.3 Å². The van der Waals surface area contributed by atoms with Crippen molar-refractivity contribution in [2.75, 3.05) is 7.11 Å². The molecule has 0 aromatic heterocycles. The third-order valence-electron chi connectivity index (χ3n) is 4.07. The lowest BCUT2D eigenvalue weighted by Crippen LogP contribution is -2.45. The largest absolute Gasteiger partial charge is 0.502 e. The maximum Gasteiger partial charge on any atom is 0.338 e. The van der Waals surface area contributed by atoms with Crippen molar-refractivity contribution < 1.29 is 24.4 Å². The zero-order valence-corrected chi connectivity index (χ0v) is 14.1. The lowest BCUT2D eigenvalue weighted by atomic mass is 9.92. The van der Waals surface area contributed by atoms with Crippen molar-refractivity contribution in [2.45, 2.75) is 6.04 Å². The van der Waals surface area contributed by atoms with Crippen LogP contribution in [0.2, 0.25) is 0 Å². The Morgan fingerprint density at radius 3 is 2.56 bits per heavy atom. The molecule has 2 aromatic carbocycles. The molecular weight excluding hydrogens is 354 g/mol. The van der Waals surface area contributed by atoms with Crippen molar-refractivity contribution in [3.8, 4) is 5.75 Å². The number of hydrogen-bond acceptors (Lipinski definition) is 6. The van der Waals surface area contributed by atoms with Crippen LogP contribution in [0, 0.1) is 10.1 Å². The molecule has 0 spiro atoms. The number of nitro groups is 1. The van der Waals surface area contributed by atoms with Crippen LogP contribution in [0.3, 0.4) is 0 Å². The Morgan fingerprint density at radius 2 is 1.93 bits per heavy atom. The lowest BCUT2D eigenvalue weighted by Gasteiger charge is -2.29. The molecule has 0 radical (unpaired) electrons. The smallest absolute Gasteiger partial charge is 0.338 e. The van der Waals surface area contributed by atoms with Gasteiger partial charge >= 0.3 is 17.7 Å². The van der Waals surface area contributed by atoms with Crippen LogP contribution in [0.4, 0.5) is 10.5 Å². The zero-order chi connectivity index (χ0) is 19.6. The van der Waals surface area contributed by atoms with Crippen molar-refractivity contribution in [1.82, 2.24) is 10.6 Å². The third kappa shape index (κ3) is 3.43. The number of aromatic hydroxyl groups is 1. The molecule has 3 rings (SSSR count). The molecule has 2 aromatic rings. The highest BCUT2D eigenvalue weighted by molar-refractivity contribution is 6.04. The van der Waals surface area contributed by atoms with Crippen LogP contribution in [-0.4, -0.2) is 29.1 Å². The number of carbonyl (C=O) groups excluding carboxylic acids is 2. The number of benzene rings is 2. The summed E-state index contributed by atoms with van der Waals surface area (Å²) in [5, 5.41) is 25.9. The van der Waals surface area contributed by atoms with E-state index in [4.69, 9.17) is 4.74 Å². The van der Waals surface area contributed by atoms with Crippen LogP contribution in [0.25, 0.3) is 5.70 Å². The first-order valence-electron chi connectivity index (χ1n) is 7.85. The van der Waals surface area contributed by atoms with Crippen LogP contribution >= 0.6 is 0 Å². The maximum atomic E-state index is 12.5. The SMILES string of the molecule is COC(=O)C1=C(c2ccccc2)NC(=O)NC1c1ccc(O)c([N+](=O)[O-])c1. The van der Waals surface area contributed by atoms with E-state index in [0.29, 0.717) is 5.56 Å². The second-order valence-corrected chi connectivity index (χ2v) is 5.68. The highest BCUT2D eigenvalue weighted by atomic mass is 16.6. The van der Waals surface area contributed by atoms with Crippen LogP contribution < -0.4 is 10.6 Å². The number of carbonyl (C=O) groups is 2. The van der Waals surface area contributed by atoms with Gasteiger partial charge < -0.3 is 20.5 Å². The Labute approximate surface area is 153 Å². The first kappa shape index (κ1) is 17.9. The fraction of sp³-hybridized carbons (Fsp3) is 0.111. The second-order valence-electron chi connectivity index (χ2n) is 5.68. The third-order valence-corrected chi connectivity index (χ3v) is 4.07. The van der Waals surface area contributed by atoms with Crippen LogP contribution in [0.5, 0.6) is 5.75 Å². The van der Waals surface area contributed by atoms with Crippen LogP contribution in [-0.2, 0) is 9.53 Å². The molecule has 1 unspecified atom stereocenters. The summed E-state index contributed by atoms with van der Waals surface area (Å²) in [5.74, 6) is -1.22. The molecule has 0 saturated carbocycles. The summed E-state index contributed by atoms with van der Waals surface area (Å²) in [6.07, 6.45) is 0. The van der Waals surface area contributed by atoms with Crippen molar-refractivity contribution in [1.29, 1.82) is 0 Å². The van der Waals surface area contributed by atoms with E-state index in [-0.39, 0.29) is 16.8 Å². The molecule has 2 amide bonds. The summed E-state index contributed by atoms with van der Waals surface area (Å²) in [4.78, 5) is 35.0. The molecule has 1 heterocycles. The summed E-state index contributed by atoms with van der Waals surface area (Å²) >= 11 is 0. The van der Waals surface area contributed by atoms with Gasteiger partial charge in [0.2, 0.25) is 0 Å². The highest BCUT2D eigenvalue weighted by Crippen LogP contribution is 2.35. The summed E-state index contributed by atoms with van der Waals surface area (Å²) < 4.78 is 4.86. The van der Waals surface area contributed by atoms with Crippen molar-refractivity contribution in [3.05, 3.63) is 75.3 Å². The molecular formula is C18H15N3O6. The number of methoxy groups -OCH3 is 1. The van der Waals surface area contributed by atoms with Crippen molar-refractivity contribution in [3.63, 3.8) is 0 Å². The van der Waals surface area contributed by atoms with E-state index < -0.39 is 34.4 Å². The molecule has 3 N–H and O–H groups in total. The van der Waals surface area contributed by atoms with Gasteiger partial charge in [-0.3, -0.25) is 10.1 Å². The molecule has 1 atom stereocenters. The number of urea groups is 1. The van der Waals surface area contributed by atoms with E-state index >= 15 is 0 Å². The molecule has 1 aliphatic heterocycles. The van der Waals surface area contributed by atoms with Gasteiger partial charge in [0, 0.05) is 6.07 Å². The Balaban J connectivity index is 2.21. The molecule has 0 bridgehead atoms. The predicted octanol–water partition coefficient (Wildman–Crippen LogP) is 2.24. The number of ether oxygens (including phenoxy) is 1. The molecule has 9 nitrogen and oxygen atoms in total. The number of hydrogen-bond donors (Lipinski definition) is 3. The summed E-state index contributed by atoms with van der Waals surface area (Å²) in [5.41, 5.74) is 0.621. The second kappa shape index (κ2) is 7.16. The quantitative estimate of drug-likeness (QED) is 0.430. The van der Waals surface area contributed by atoms with Gasteiger partial charge in [0.15, 0.2) is 5.75 Å². The highest BCUT2D eigenvalue weighted by Gasteiger charge is 2.35. The van der Waals surface area contributed by atoms with Gasteiger partial charge in [-0.1, -0.05) is 36.4 Å². The molecule has 0 fully saturated rings. The fourth-order valence-electron chi connectivity index (χ4n) is 2.84. The number of phenolic OH excluding ortho intramolecular Hbond substituents is 1. The van der Waals surface area contributed by atoms with Gasteiger partial charge in [-0.15, -0.1) is 0 Å². The Hall–Kier alpha value is -3.88. The summed E-state index contributed by atoms with van der Waals surface area (Å²) in [6.45, 7) is 0. The van der Waals surface area contributed by atoms with Crippen molar-refractivity contribution in [2.24, 2.45) is 0 Å². The minimum atomic E-state index is -0.999. The topological polar surface area (TPSA) is 131 Å². The molecule has 9 heteroatoms. The Morgan fingerprint density at radius 1 is 1.22 bits per heavy atom. The first-order chi connectivity index (χ1) is 12.9. The van der Waals surface area contributed by atoms with E-state index in [0.717, 1.165) is 12.1 Å². The lowest BCUT2D eigenvalue weighted by molar-refractivity contribution is -0.385. The zero-order valence-electron chi connectivity index (χ0n) is 14.1. The maximum absolute atomic E-state index is 12.5. The van der Waals surface area contributed by atoms with Gasteiger partial charge in [0.25, 0.3) is 0 Å². The van der Waals surface area contributed by atoms with E-state index in [1.807, 2.05) is 0 Å². The van der Waals surface area contributed by atoms with E-state index in [9.17, 15) is 24.8 Å². The number of nitro benzene ring substituents is 1. The number of nitrogens with zero attached hydrogens (tertiary/aromatic N) is 1. The average Bonchev–Trinajstić information content (AvgIpc) is 2.67.